The van der Waals surface area contributed by atoms with Crippen molar-refractivity contribution in [3.63, 3.8) is 0 Å². The quantitative estimate of drug-likeness (QED) is 0.897. The fourth-order valence-electron chi connectivity index (χ4n) is 2.20. The van der Waals surface area contributed by atoms with E-state index in [9.17, 15) is 8.78 Å². The Morgan fingerprint density at radius 1 is 1.17 bits per heavy atom. The van der Waals surface area contributed by atoms with Crippen LogP contribution in [0.15, 0.2) is 18.2 Å². The summed E-state index contributed by atoms with van der Waals surface area (Å²) in [7, 11) is 1.92. The Morgan fingerprint density at radius 3 is 2.06 bits per heavy atom. The maximum atomic E-state index is 13.2. The van der Waals surface area contributed by atoms with Crippen molar-refractivity contribution in [2.45, 2.75) is 26.8 Å². The van der Waals surface area contributed by atoms with Gasteiger partial charge in [0.1, 0.15) is 11.6 Å². The van der Waals surface area contributed by atoms with E-state index in [1.54, 1.807) is 0 Å². The predicted octanol–water partition coefficient (Wildman–Crippen LogP) is 2.94. The van der Waals surface area contributed by atoms with Crippen LogP contribution in [0, 0.1) is 17.0 Å². The van der Waals surface area contributed by atoms with Crippen molar-refractivity contribution >= 4 is 0 Å². The van der Waals surface area contributed by atoms with Crippen LogP contribution in [0.25, 0.3) is 0 Å². The molecule has 0 fully saturated rings. The minimum Gasteiger partial charge on any atom is -0.329 e. The van der Waals surface area contributed by atoms with Gasteiger partial charge in [0.15, 0.2) is 0 Å². The highest BCUT2D eigenvalue weighted by Gasteiger charge is 2.21. The summed E-state index contributed by atoms with van der Waals surface area (Å²) in [5.74, 6) is -1.12. The molecule has 0 radical (unpaired) electrons. The van der Waals surface area contributed by atoms with E-state index >= 15 is 0 Å². The second kappa shape index (κ2) is 5.76. The Kier molecular flexibility index (Phi) is 4.82. The lowest BCUT2D eigenvalue weighted by Gasteiger charge is -2.33. The van der Waals surface area contributed by atoms with Gasteiger partial charge in [-0.2, -0.15) is 0 Å². The maximum Gasteiger partial charge on any atom is 0.126 e. The van der Waals surface area contributed by atoms with Gasteiger partial charge in [-0.3, -0.25) is 4.90 Å². The summed E-state index contributed by atoms with van der Waals surface area (Å²) in [4.78, 5) is 2.04. The lowest BCUT2D eigenvalue weighted by molar-refractivity contribution is 0.175. The molecule has 0 spiro atoms. The summed E-state index contributed by atoms with van der Waals surface area (Å²) in [5, 5.41) is 0. The molecule has 0 heterocycles. The predicted molar refractivity (Wildman–Crippen MR) is 70.2 cm³/mol. The normalized spacial score (nSPS) is 14.0. The summed E-state index contributed by atoms with van der Waals surface area (Å²) in [6, 6.07) is 3.40. The van der Waals surface area contributed by atoms with Gasteiger partial charge in [-0.1, -0.05) is 20.8 Å². The van der Waals surface area contributed by atoms with Gasteiger partial charge in [0.2, 0.25) is 0 Å². The molecule has 18 heavy (non-hydrogen) atoms. The molecule has 0 aliphatic heterocycles. The van der Waals surface area contributed by atoms with Crippen LogP contribution in [0.4, 0.5) is 8.78 Å². The Morgan fingerprint density at radius 2 is 1.67 bits per heavy atom. The van der Waals surface area contributed by atoms with E-state index in [1.165, 1.54) is 12.1 Å². The second-order valence-corrected chi connectivity index (χ2v) is 5.93. The average molecular weight is 256 g/mol. The van der Waals surface area contributed by atoms with Crippen LogP contribution in [0.2, 0.25) is 0 Å². The van der Waals surface area contributed by atoms with Crippen LogP contribution >= 0.6 is 0 Å². The Hall–Kier alpha value is -1.00. The van der Waals surface area contributed by atoms with Crippen molar-refractivity contribution in [1.82, 2.24) is 4.90 Å². The van der Waals surface area contributed by atoms with Gasteiger partial charge in [-0.15, -0.1) is 0 Å². The van der Waals surface area contributed by atoms with E-state index in [0.717, 1.165) is 12.6 Å². The third-order valence-corrected chi connectivity index (χ3v) is 2.75. The topological polar surface area (TPSA) is 29.3 Å². The summed E-state index contributed by atoms with van der Waals surface area (Å²) >= 11 is 0. The zero-order chi connectivity index (χ0) is 13.9. The summed E-state index contributed by atoms with van der Waals surface area (Å²) in [5.41, 5.74) is 6.43. The maximum absolute atomic E-state index is 13.2. The summed E-state index contributed by atoms with van der Waals surface area (Å²) in [6.07, 6.45) is 0. The van der Waals surface area contributed by atoms with Gasteiger partial charge in [0.05, 0.1) is 0 Å². The van der Waals surface area contributed by atoms with Gasteiger partial charge < -0.3 is 5.73 Å². The first-order valence-corrected chi connectivity index (χ1v) is 6.09. The van der Waals surface area contributed by atoms with Crippen molar-refractivity contribution < 1.29 is 8.78 Å². The van der Waals surface area contributed by atoms with E-state index in [1.807, 2.05) is 11.9 Å². The third-order valence-electron chi connectivity index (χ3n) is 2.75. The van der Waals surface area contributed by atoms with Crippen molar-refractivity contribution in [3.05, 3.63) is 35.4 Å². The Balaban J connectivity index is 2.95. The lowest BCUT2D eigenvalue weighted by atomic mass is 9.94. The average Bonchev–Trinajstić information content (AvgIpc) is 2.13. The van der Waals surface area contributed by atoms with Crippen LogP contribution in [0.3, 0.4) is 0 Å². The molecule has 4 heteroatoms. The van der Waals surface area contributed by atoms with E-state index in [0.29, 0.717) is 12.1 Å². The molecule has 1 aromatic carbocycles. The van der Waals surface area contributed by atoms with Gasteiger partial charge in [0.25, 0.3) is 0 Å². The molecule has 0 amide bonds. The molecule has 1 unspecified atom stereocenters. The molecular weight excluding hydrogens is 234 g/mol. The molecule has 0 saturated carbocycles. The molecule has 1 rings (SSSR count). The third kappa shape index (κ3) is 4.35. The molecule has 2 nitrogen and oxygen atoms in total. The standard InChI is InChI=1S/C14H22F2N2/c1-14(2,3)9-18(4)13(8-17)10-5-11(15)7-12(16)6-10/h5-7,13H,8-9,17H2,1-4H3. The number of nitrogens with zero attached hydrogens (tertiary/aromatic N) is 1. The number of nitrogens with two attached hydrogens (primary N) is 1. The molecule has 102 valence electrons. The molecule has 0 aliphatic rings. The van der Waals surface area contributed by atoms with E-state index < -0.39 is 11.6 Å². The highest BCUT2D eigenvalue weighted by molar-refractivity contribution is 5.22. The van der Waals surface area contributed by atoms with Crippen molar-refractivity contribution in [2.75, 3.05) is 20.1 Å². The summed E-state index contributed by atoms with van der Waals surface area (Å²) < 4.78 is 26.5. The van der Waals surface area contributed by atoms with Gasteiger partial charge in [0, 0.05) is 25.2 Å². The minimum atomic E-state index is -0.562. The Labute approximate surface area is 108 Å². The first-order chi connectivity index (χ1) is 8.23. The summed E-state index contributed by atoms with van der Waals surface area (Å²) in [6.45, 7) is 7.47. The lowest BCUT2D eigenvalue weighted by Crippen LogP contribution is -2.36. The molecule has 1 atom stereocenters. The second-order valence-electron chi connectivity index (χ2n) is 5.93. The molecule has 0 saturated heterocycles. The number of benzene rings is 1. The number of hydrogen-bond donors (Lipinski definition) is 1. The molecule has 0 aromatic heterocycles. The highest BCUT2D eigenvalue weighted by atomic mass is 19.1. The van der Waals surface area contributed by atoms with E-state index in [2.05, 4.69) is 20.8 Å². The van der Waals surface area contributed by atoms with Crippen LogP contribution < -0.4 is 5.73 Å². The van der Waals surface area contributed by atoms with E-state index in [-0.39, 0.29) is 11.5 Å². The van der Waals surface area contributed by atoms with E-state index in [4.69, 9.17) is 5.73 Å². The van der Waals surface area contributed by atoms with Crippen molar-refractivity contribution in [2.24, 2.45) is 11.1 Å². The van der Waals surface area contributed by atoms with Gasteiger partial charge in [-0.05, 0) is 30.2 Å². The largest absolute Gasteiger partial charge is 0.329 e. The van der Waals surface area contributed by atoms with Crippen molar-refractivity contribution in [3.8, 4) is 0 Å². The first-order valence-electron chi connectivity index (χ1n) is 6.09. The van der Waals surface area contributed by atoms with Crippen molar-refractivity contribution in [1.29, 1.82) is 0 Å². The molecule has 0 aliphatic carbocycles. The first kappa shape index (κ1) is 15.1. The highest BCUT2D eigenvalue weighted by Crippen LogP contribution is 2.24. The SMILES string of the molecule is CN(CC(C)(C)C)C(CN)c1cc(F)cc(F)c1. The fourth-order valence-corrected chi connectivity index (χ4v) is 2.20. The number of likely N-dealkylation sites (N-methyl/N-ethyl adjacent to an activating group) is 1. The van der Waals surface area contributed by atoms with Gasteiger partial charge >= 0.3 is 0 Å². The zero-order valence-electron chi connectivity index (χ0n) is 11.5. The van der Waals surface area contributed by atoms with Crippen LogP contribution in [-0.2, 0) is 0 Å². The number of rotatable bonds is 4. The monoisotopic (exact) mass is 256 g/mol. The number of halogens is 2. The number of hydrogen-bond acceptors (Lipinski definition) is 2. The van der Waals surface area contributed by atoms with Crippen LogP contribution in [-0.4, -0.2) is 25.0 Å². The zero-order valence-corrected chi connectivity index (χ0v) is 11.5. The molecule has 1 aromatic rings. The smallest absolute Gasteiger partial charge is 0.126 e. The Bertz CT molecular complexity index is 379. The molecular formula is C14H22F2N2. The van der Waals surface area contributed by atoms with Crippen LogP contribution in [0.5, 0.6) is 0 Å². The molecule has 2 N–H and O–H groups in total. The van der Waals surface area contributed by atoms with Crippen LogP contribution in [0.1, 0.15) is 32.4 Å². The minimum absolute atomic E-state index is 0.105. The van der Waals surface area contributed by atoms with Gasteiger partial charge in [-0.25, -0.2) is 8.78 Å². The fraction of sp³-hybridized carbons (Fsp3) is 0.571. The molecule has 0 bridgehead atoms.